The number of nitrogens with one attached hydrogen (secondary N) is 1. The molecule has 152 valence electrons. The van der Waals surface area contributed by atoms with Gasteiger partial charge in [-0.3, -0.25) is 4.79 Å². The monoisotopic (exact) mass is 434 g/mol. The first-order valence-corrected chi connectivity index (χ1v) is 9.73. The molecule has 0 saturated carbocycles. The average molecular weight is 435 g/mol. The Hall–Kier alpha value is -2.54. The van der Waals surface area contributed by atoms with Crippen molar-refractivity contribution in [1.29, 1.82) is 0 Å². The van der Waals surface area contributed by atoms with Gasteiger partial charge in [-0.15, -0.1) is 0 Å². The van der Waals surface area contributed by atoms with Gasteiger partial charge in [-0.1, -0.05) is 35.3 Å². The van der Waals surface area contributed by atoms with Gasteiger partial charge in [0.2, 0.25) is 5.91 Å². The lowest BCUT2D eigenvalue weighted by atomic mass is 10.1. The number of anilines is 2. The highest BCUT2D eigenvalue weighted by Gasteiger charge is 2.18. The number of nitrogens with zero attached hydrogens (tertiary/aromatic N) is 1. The largest absolute Gasteiger partial charge is 0.465 e. The molecular weight excluding hydrogens is 415 g/mol. The molecule has 1 heterocycles. The summed E-state index contributed by atoms with van der Waals surface area (Å²) in [7, 11) is 1.30. The standard InChI is InChI=1S/C21H20Cl2N2O4/c1-28-21(27)16-13-15(25-9-11-29-12-10-25)6-7-18(16)24-19(26)8-5-14-3-2-4-17(22)20(14)23/h2-8,13H,9-12H2,1H3,(H,24,26)/b8-5+. The first kappa shape index (κ1) is 21.2. The summed E-state index contributed by atoms with van der Waals surface area (Å²) in [5, 5.41) is 3.48. The van der Waals surface area contributed by atoms with Gasteiger partial charge in [0.25, 0.3) is 0 Å². The molecule has 2 aromatic rings. The first-order valence-electron chi connectivity index (χ1n) is 8.97. The molecule has 0 bridgehead atoms. The van der Waals surface area contributed by atoms with Crippen LogP contribution in [0, 0.1) is 0 Å². The number of halogens is 2. The molecule has 2 aromatic carbocycles. The van der Waals surface area contributed by atoms with Crippen molar-refractivity contribution < 1.29 is 19.1 Å². The van der Waals surface area contributed by atoms with Crippen LogP contribution in [0.2, 0.25) is 10.0 Å². The van der Waals surface area contributed by atoms with Crippen LogP contribution in [-0.4, -0.2) is 45.3 Å². The quantitative estimate of drug-likeness (QED) is 0.561. The van der Waals surface area contributed by atoms with Gasteiger partial charge in [0.05, 0.1) is 41.6 Å². The molecule has 1 fully saturated rings. The minimum absolute atomic E-state index is 0.277. The zero-order valence-corrected chi connectivity index (χ0v) is 17.3. The van der Waals surface area contributed by atoms with E-state index in [1.165, 1.54) is 13.2 Å². The van der Waals surface area contributed by atoms with Crippen LogP contribution in [-0.2, 0) is 14.3 Å². The van der Waals surface area contributed by atoms with Gasteiger partial charge in [0, 0.05) is 24.9 Å². The predicted molar refractivity (Wildman–Crippen MR) is 115 cm³/mol. The fourth-order valence-corrected chi connectivity index (χ4v) is 3.30. The number of carbonyl (C=O) groups excluding carboxylic acids is 2. The Kier molecular flexibility index (Phi) is 7.14. The van der Waals surface area contributed by atoms with Crippen LogP contribution in [0.1, 0.15) is 15.9 Å². The molecule has 0 aliphatic carbocycles. The summed E-state index contributed by atoms with van der Waals surface area (Å²) in [6, 6.07) is 10.4. The Morgan fingerprint density at radius 3 is 2.66 bits per heavy atom. The summed E-state index contributed by atoms with van der Waals surface area (Å²) in [4.78, 5) is 26.7. The van der Waals surface area contributed by atoms with Gasteiger partial charge >= 0.3 is 5.97 Å². The lowest BCUT2D eigenvalue weighted by Crippen LogP contribution is -2.36. The Bertz CT molecular complexity index is 940. The number of methoxy groups -OCH3 is 1. The molecule has 0 spiro atoms. The third kappa shape index (κ3) is 5.29. The predicted octanol–water partition coefficient (Wildman–Crippen LogP) is 4.27. The van der Waals surface area contributed by atoms with E-state index in [2.05, 4.69) is 10.2 Å². The molecule has 0 radical (unpaired) electrons. The Balaban J connectivity index is 1.79. The van der Waals surface area contributed by atoms with Crippen LogP contribution in [0.15, 0.2) is 42.5 Å². The van der Waals surface area contributed by atoms with Gasteiger partial charge in [0.1, 0.15) is 0 Å². The maximum absolute atomic E-state index is 12.4. The summed E-state index contributed by atoms with van der Waals surface area (Å²) in [5.74, 6) is -0.942. The zero-order chi connectivity index (χ0) is 20.8. The van der Waals surface area contributed by atoms with Crippen LogP contribution in [0.4, 0.5) is 11.4 Å². The molecule has 1 saturated heterocycles. The number of rotatable bonds is 5. The Morgan fingerprint density at radius 2 is 1.93 bits per heavy atom. The third-order valence-electron chi connectivity index (χ3n) is 4.44. The van der Waals surface area contributed by atoms with Crippen LogP contribution >= 0.6 is 23.2 Å². The Morgan fingerprint density at radius 1 is 1.17 bits per heavy atom. The van der Waals surface area contributed by atoms with Crippen molar-refractivity contribution in [2.45, 2.75) is 0 Å². The minimum Gasteiger partial charge on any atom is -0.465 e. The van der Waals surface area contributed by atoms with Crippen molar-refractivity contribution in [3.05, 3.63) is 63.6 Å². The van der Waals surface area contributed by atoms with Crippen molar-refractivity contribution in [2.75, 3.05) is 43.6 Å². The lowest BCUT2D eigenvalue weighted by molar-refractivity contribution is -0.111. The molecule has 0 atom stereocenters. The topological polar surface area (TPSA) is 67.9 Å². The number of benzene rings is 2. The summed E-state index contributed by atoms with van der Waals surface area (Å²) in [6.45, 7) is 2.72. The maximum atomic E-state index is 12.4. The van der Waals surface area contributed by atoms with Crippen molar-refractivity contribution in [2.24, 2.45) is 0 Å². The van der Waals surface area contributed by atoms with Crippen LogP contribution in [0.5, 0.6) is 0 Å². The summed E-state index contributed by atoms with van der Waals surface area (Å²) in [6.07, 6.45) is 2.89. The highest BCUT2D eigenvalue weighted by molar-refractivity contribution is 6.42. The molecule has 0 aromatic heterocycles. The van der Waals surface area contributed by atoms with E-state index in [0.29, 0.717) is 34.5 Å². The number of carbonyl (C=O) groups is 2. The van der Waals surface area contributed by atoms with E-state index >= 15 is 0 Å². The van der Waals surface area contributed by atoms with E-state index in [9.17, 15) is 9.59 Å². The lowest BCUT2D eigenvalue weighted by Gasteiger charge is -2.29. The van der Waals surface area contributed by atoms with Crippen molar-refractivity contribution in [1.82, 2.24) is 0 Å². The highest BCUT2D eigenvalue weighted by atomic mass is 35.5. The fraction of sp³-hybridized carbons (Fsp3) is 0.238. The molecule has 1 aliphatic rings. The molecule has 1 aliphatic heterocycles. The SMILES string of the molecule is COC(=O)c1cc(N2CCOCC2)ccc1NC(=O)/C=C/c1cccc(Cl)c1Cl. The van der Waals surface area contributed by atoms with Crippen LogP contribution in [0.25, 0.3) is 6.08 Å². The normalized spacial score (nSPS) is 14.1. The second-order valence-corrected chi connectivity index (χ2v) is 7.07. The van der Waals surface area contributed by atoms with Crippen LogP contribution in [0.3, 0.4) is 0 Å². The van der Waals surface area contributed by atoms with Crippen molar-refractivity contribution in [3.63, 3.8) is 0 Å². The summed E-state index contributed by atoms with van der Waals surface area (Å²) in [5.41, 5.74) is 2.12. The molecule has 6 nitrogen and oxygen atoms in total. The molecule has 8 heteroatoms. The number of hydrogen-bond donors (Lipinski definition) is 1. The van der Waals surface area contributed by atoms with Gasteiger partial charge in [0.15, 0.2) is 0 Å². The van der Waals surface area contributed by atoms with Gasteiger partial charge in [-0.2, -0.15) is 0 Å². The van der Waals surface area contributed by atoms with Gasteiger partial charge < -0.3 is 19.7 Å². The third-order valence-corrected chi connectivity index (χ3v) is 5.27. The first-order chi connectivity index (χ1) is 14.0. The van der Waals surface area contributed by atoms with E-state index in [4.69, 9.17) is 32.7 Å². The number of amides is 1. The summed E-state index contributed by atoms with van der Waals surface area (Å²) < 4.78 is 10.2. The fourth-order valence-electron chi connectivity index (χ4n) is 2.93. The second-order valence-electron chi connectivity index (χ2n) is 6.29. The molecule has 1 N–H and O–H groups in total. The van der Waals surface area contributed by atoms with Crippen LogP contribution < -0.4 is 10.2 Å². The molecule has 3 rings (SSSR count). The Labute approximate surface area is 179 Å². The van der Waals surface area contributed by atoms with Crippen molar-refractivity contribution in [3.8, 4) is 0 Å². The molecule has 29 heavy (non-hydrogen) atoms. The minimum atomic E-state index is -0.530. The maximum Gasteiger partial charge on any atom is 0.340 e. The van der Waals surface area contributed by atoms with E-state index in [1.807, 2.05) is 6.07 Å². The van der Waals surface area contributed by atoms with E-state index in [0.717, 1.165) is 18.8 Å². The van der Waals surface area contributed by atoms with E-state index < -0.39 is 11.9 Å². The molecular formula is C21H20Cl2N2O4. The highest BCUT2D eigenvalue weighted by Crippen LogP contribution is 2.27. The number of hydrogen-bond acceptors (Lipinski definition) is 5. The smallest absolute Gasteiger partial charge is 0.340 e. The molecule has 1 amide bonds. The van der Waals surface area contributed by atoms with Crippen molar-refractivity contribution >= 4 is 52.5 Å². The number of esters is 1. The van der Waals surface area contributed by atoms with E-state index in [1.54, 1.807) is 36.4 Å². The van der Waals surface area contributed by atoms with Gasteiger partial charge in [-0.25, -0.2) is 4.79 Å². The van der Waals surface area contributed by atoms with E-state index in [-0.39, 0.29) is 5.56 Å². The summed E-state index contributed by atoms with van der Waals surface area (Å²) >= 11 is 12.1. The van der Waals surface area contributed by atoms with Gasteiger partial charge in [-0.05, 0) is 35.9 Å². The number of morpholine rings is 1. The average Bonchev–Trinajstić information content (AvgIpc) is 2.75. The number of ether oxygens (including phenoxy) is 2. The second kappa shape index (κ2) is 9.78. The zero-order valence-electron chi connectivity index (χ0n) is 15.8. The molecule has 0 unspecified atom stereocenters.